The largest absolute Gasteiger partial charge is 0.472 e. The lowest BCUT2D eigenvalue weighted by molar-refractivity contribution is -0.220. The van der Waals surface area contributed by atoms with Crippen LogP contribution in [0.15, 0.2) is 36.5 Å². The van der Waals surface area contributed by atoms with Crippen molar-refractivity contribution in [3.8, 4) is 0 Å². The molecule has 0 aromatic carbocycles. The van der Waals surface area contributed by atoms with Crippen molar-refractivity contribution in [1.29, 1.82) is 0 Å². The van der Waals surface area contributed by atoms with Crippen molar-refractivity contribution in [3.05, 3.63) is 36.5 Å². The van der Waals surface area contributed by atoms with Crippen LogP contribution in [0.25, 0.3) is 0 Å². The number of ether oxygens (including phenoxy) is 2. The van der Waals surface area contributed by atoms with Crippen molar-refractivity contribution < 1.29 is 63.1 Å². The zero-order valence-electron chi connectivity index (χ0n) is 34.9. The summed E-state index contributed by atoms with van der Waals surface area (Å²) in [5.74, 6) is -1.12. The molecule has 1 aliphatic carbocycles. The van der Waals surface area contributed by atoms with Gasteiger partial charge < -0.3 is 39.9 Å². The molecule has 1 rings (SSSR count). The minimum atomic E-state index is -5.12. The van der Waals surface area contributed by atoms with E-state index in [9.17, 15) is 44.6 Å². The highest BCUT2D eigenvalue weighted by molar-refractivity contribution is 7.47. The van der Waals surface area contributed by atoms with Crippen molar-refractivity contribution in [3.63, 3.8) is 0 Å². The molecule has 0 bridgehead atoms. The summed E-state index contributed by atoms with van der Waals surface area (Å²) in [5, 5.41) is 50.0. The van der Waals surface area contributed by atoms with E-state index < -0.39 is 75.7 Å². The van der Waals surface area contributed by atoms with E-state index in [1.165, 1.54) is 32.1 Å². The Bertz CT molecular complexity index is 1150. The molecule has 0 spiro atoms. The Morgan fingerprint density at radius 1 is 0.544 bits per heavy atom. The van der Waals surface area contributed by atoms with Crippen LogP contribution in [0, 0.1) is 0 Å². The van der Waals surface area contributed by atoms with E-state index in [-0.39, 0.29) is 12.8 Å². The van der Waals surface area contributed by atoms with Gasteiger partial charge in [0.2, 0.25) is 0 Å². The van der Waals surface area contributed by atoms with E-state index in [0.29, 0.717) is 12.8 Å². The highest BCUT2D eigenvalue weighted by Crippen LogP contribution is 2.47. The minimum Gasteiger partial charge on any atom is -0.462 e. The lowest BCUT2D eigenvalue weighted by Gasteiger charge is -2.41. The molecule has 6 N–H and O–H groups in total. The van der Waals surface area contributed by atoms with Crippen LogP contribution in [0.3, 0.4) is 0 Å². The molecule has 1 saturated carbocycles. The number of carbonyl (C=O) groups excluding carboxylic acids is 2. The van der Waals surface area contributed by atoms with Gasteiger partial charge in [0.15, 0.2) is 6.10 Å². The number of aliphatic hydroxyl groups is 5. The van der Waals surface area contributed by atoms with E-state index in [4.69, 9.17) is 18.5 Å². The first-order valence-corrected chi connectivity index (χ1v) is 23.3. The van der Waals surface area contributed by atoms with Crippen molar-refractivity contribution in [1.82, 2.24) is 0 Å². The first kappa shape index (κ1) is 53.1. The molecule has 13 nitrogen and oxygen atoms in total. The maximum Gasteiger partial charge on any atom is 0.472 e. The number of allylic oxidation sites excluding steroid dienone is 6. The fraction of sp³-hybridized carbons (Fsp3) is 0.814. The van der Waals surface area contributed by atoms with Crippen molar-refractivity contribution in [2.45, 2.75) is 211 Å². The van der Waals surface area contributed by atoms with E-state index in [2.05, 4.69) is 50.3 Å². The zero-order valence-corrected chi connectivity index (χ0v) is 35.8. The summed E-state index contributed by atoms with van der Waals surface area (Å²) < 4.78 is 33.4. The van der Waals surface area contributed by atoms with Gasteiger partial charge in [-0.3, -0.25) is 18.6 Å². The normalized spacial score (nSPS) is 23.0. The third-order valence-corrected chi connectivity index (χ3v) is 10.9. The van der Waals surface area contributed by atoms with Crippen LogP contribution in [0.4, 0.5) is 0 Å². The fourth-order valence-corrected chi connectivity index (χ4v) is 7.33. The van der Waals surface area contributed by atoms with Gasteiger partial charge in [-0.25, -0.2) is 4.57 Å². The Kier molecular flexibility index (Phi) is 31.5. The molecule has 1 fully saturated rings. The van der Waals surface area contributed by atoms with Gasteiger partial charge in [-0.15, -0.1) is 0 Å². The predicted octanol–water partition coefficient (Wildman–Crippen LogP) is 7.83. The van der Waals surface area contributed by atoms with Crippen LogP contribution in [-0.4, -0.2) is 98.3 Å². The monoisotopic (exact) mass is 833 g/mol. The highest BCUT2D eigenvalue weighted by Gasteiger charge is 2.51. The van der Waals surface area contributed by atoms with E-state index >= 15 is 0 Å². The smallest absolute Gasteiger partial charge is 0.462 e. The number of esters is 2. The number of carbonyl (C=O) groups is 2. The number of aliphatic hydroxyl groups excluding tert-OH is 5. The van der Waals surface area contributed by atoms with Gasteiger partial charge >= 0.3 is 19.8 Å². The van der Waals surface area contributed by atoms with Crippen LogP contribution in [0.5, 0.6) is 0 Å². The average Bonchev–Trinajstić information content (AvgIpc) is 3.19. The Morgan fingerprint density at radius 3 is 1.49 bits per heavy atom. The first-order valence-electron chi connectivity index (χ1n) is 21.8. The molecule has 0 heterocycles. The van der Waals surface area contributed by atoms with Gasteiger partial charge in [-0.1, -0.05) is 127 Å². The van der Waals surface area contributed by atoms with Gasteiger partial charge in [0, 0.05) is 12.8 Å². The zero-order chi connectivity index (χ0) is 42.2. The molecule has 332 valence electrons. The summed E-state index contributed by atoms with van der Waals surface area (Å²) >= 11 is 0. The van der Waals surface area contributed by atoms with E-state index in [0.717, 1.165) is 96.3 Å². The van der Waals surface area contributed by atoms with Crippen molar-refractivity contribution >= 4 is 19.8 Å². The Morgan fingerprint density at radius 2 is 0.965 bits per heavy atom. The molecular weight excluding hydrogens is 755 g/mol. The average molecular weight is 833 g/mol. The Hall–Kier alpha value is -1.93. The second-order valence-electron chi connectivity index (χ2n) is 15.2. The van der Waals surface area contributed by atoms with Gasteiger partial charge in [-0.05, 0) is 64.2 Å². The summed E-state index contributed by atoms with van der Waals surface area (Å²) in [4.78, 5) is 35.6. The SMILES string of the molecule is CCCC/C=C/CCCCCCCC(=O)OC[C@H](COP(=O)(O)OC1C(O)C(O)C(O)[C@@H](O)C1O)OC(=O)CCCCCCCCC/C=C/C/C=C/CCCCC. The van der Waals surface area contributed by atoms with Gasteiger partial charge in [-0.2, -0.15) is 0 Å². The number of phosphoric ester groups is 1. The maximum atomic E-state index is 12.8. The third kappa shape index (κ3) is 26.7. The van der Waals surface area contributed by atoms with Gasteiger partial charge in [0.1, 0.15) is 43.2 Å². The molecule has 14 heteroatoms. The van der Waals surface area contributed by atoms with Crippen molar-refractivity contribution in [2.75, 3.05) is 13.2 Å². The molecule has 6 unspecified atom stereocenters. The minimum absolute atomic E-state index is 0.0860. The molecule has 1 aliphatic rings. The molecule has 0 aromatic heterocycles. The molecule has 0 aliphatic heterocycles. The number of hydrogen-bond donors (Lipinski definition) is 6. The van der Waals surface area contributed by atoms with Crippen LogP contribution in [-0.2, 0) is 32.7 Å². The molecule has 0 saturated heterocycles. The second-order valence-corrected chi connectivity index (χ2v) is 16.6. The van der Waals surface area contributed by atoms with Crippen LogP contribution >= 0.6 is 7.82 Å². The van der Waals surface area contributed by atoms with Crippen LogP contribution in [0.2, 0.25) is 0 Å². The quantitative estimate of drug-likeness (QED) is 0.0156. The third-order valence-electron chi connectivity index (χ3n) is 9.95. The Labute approximate surface area is 342 Å². The molecule has 0 amide bonds. The van der Waals surface area contributed by atoms with E-state index in [1.54, 1.807) is 0 Å². The summed E-state index contributed by atoms with van der Waals surface area (Å²) in [6.07, 6.45) is 23.5. The molecule has 57 heavy (non-hydrogen) atoms. The second kappa shape index (κ2) is 33.9. The Balaban J connectivity index is 2.49. The number of hydrogen-bond acceptors (Lipinski definition) is 12. The summed E-state index contributed by atoms with van der Waals surface area (Å²) in [6.45, 7) is 3.20. The van der Waals surface area contributed by atoms with Crippen LogP contribution in [0.1, 0.15) is 168 Å². The first-order chi connectivity index (χ1) is 27.4. The number of rotatable bonds is 35. The topological polar surface area (TPSA) is 210 Å². The predicted molar refractivity (Wildman–Crippen MR) is 221 cm³/mol. The van der Waals surface area contributed by atoms with Gasteiger partial charge in [0.05, 0.1) is 6.61 Å². The summed E-state index contributed by atoms with van der Waals surface area (Å²) in [6, 6.07) is 0. The van der Waals surface area contributed by atoms with E-state index in [1.807, 2.05) is 0 Å². The summed E-state index contributed by atoms with van der Waals surface area (Å²) in [5.41, 5.74) is 0. The lowest BCUT2D eigenvalue weighted by atomic mass is 9.85. The molecule has 8 atom stereocenters. The summed E-state index contributed by atoms with van der Waals surface area (Å²) in [7, 11) is -5.12. The van der Waals surface area contributed by atoms with Crippen molar-refractivity contribution in [2.24, 2.45) is 0 Å². The number of unbranched alkanes of at least 4 members (excludes halogenated alkanes) is 17. The molecular formula is C43H77O13P. The highest BCUT2D eigenvalue weighted by atomic mass is 31.2. The standard InChI is InChI=1S/C43H77O13P/c1-3-5-7-9-11-13-15-16-17-18-19-20-22-24-26-28-30-32-37(45)55-35(33-53-36(44)31-29-27-25-23-21-14-12-10-8-6-4-2)34-54-57(51,52)56-43-41(49)39(47)38(46)40(48)42(43)50/h10-13,16-17,35,38-43,46-50H,3-9,14-15,18-34H2,1-2H3,(H,51,52)/b12-10+,13-11+,17-16+/t35-,38?,39-,40?,41?,42?,43?/m1/s1. The lowest BCUT2D eigenvalue weighted by Crippen LogP contribution is -2.64. The molecule has 0 aromatic rings. The van der Waals surface area contributed by atoms with Crippen LogP contribution < -0.4 is 0 Å². The van der Waals surface area contributed by atoms with Gasteiger partial charge in [0.25, 0.3) is 0 Å². The molecule has 0 radical (unpaired) electrons. The maximum absolute atomic E-state index is 12.8. The fourth-order valence-electron chi connectivity index (χ4n) is 6.36. The number of phosphoric acid groups is 1.